The summed E-state index contributed by atoms with van der Waals surface area (Å²) < 4.78 is 5.95. The highest BCUT2D eigenvalue weighted by Crippen LogP contribution is 2.30. The number of nitrogens with one attached hydrogen (secondary N) is 1. The first-order valence-corrected chi connectivity index (χ1v) is 7.01. The maximum absolute atomic E-state index is 12.7. The van der Waals surface area contributed by atoms with Gasteiger partial charge in [-0.1, -0.05) is 11.3 Å². The quantitative estimate of drug-likeness (QED) is 0.736. The Bertz CT molecular complexity index is 867. The second kappa shape index (κ2) is 4.51. The van der Waals surface area contributed by atoms with Gasteiger partial charge in [-0.05, 0) is 37.5 Å². The van der Waals surface area contributed by atoms with Crippen LogP contribution in [0.5, 0.6) is 0 Å². The Morgan fingerprint density at radius 1 is 1.38 bits per heavy atom. The van der Waals surface area contributed by atoms with E-state index in [0.29, 0.717) is 23.2 Å². The topological polar surface area (TPSA) is 84.7 Å². The Hall–Kier alpha value is -2.50. The van der Waals surface area contributed by atoms with E-state index in [9.17, 15) is 4.79 Å². The number of H-pyrrole nitrogens is 1. The molecule has 1 aliphatic rings. The van der Waals surface area contributed by atoms with Crippen molar-refractivity contribution in [2.45, 2.75) is 32.1 Å². The summed E-state index contributed by atoms with van der Waals surface area (Å²) in [5.41, 5.74) is 2.59. The smallest absolute Gasteiger partial charge is 0.196 e. The number of aryl methyl sites for hydroxylation is 2. The van der Waals surface area contributed by atoms with E-state index in [4.69, 9.17) is 4.42 Å². The van der Waals surface area contributed by atoms with Crippen LogP contribution in [0.4, 0.5) is 0 Å². The summed E-state index contributed by atoms with van der Waals surface area (Å²) in [6, 6.07) is 5.70. The van der Waals surface area contributed by atoms with Crippen molar-refractivity contribution in [1.29, 1.82) is 0 Å². The minimum atomic E-state index is 0.0689. The van der Waals surface area contributed by atoms with Crippen LogP contribution >= 0.6 is 0 Å². The molecule has 1 N–H and O–H groups in total. The highest BCUT2D eigenvalue weighted by atomic mass is 16.3. The van der Waals surface area contributed by atoms with Gasteiger partial charge in [0.15, 0.2) is 11.3 Å². The lowest BCUT2D eigenvalue weighted by Crippen LogP contribution is -2.22. The molecule has 3 aromatic rings. The fraction of sp³-hybridized carbons (Fsp3) is 0.333. The maximum Gasteiger partial charge on any atom is 0.196 e. The zero-order chi connectivity index (χ0) is 14.4. The van der Waals surface area contributed by atoms with Crippen molar-refractivity contribution in [2.24, 2.45) is 0 Å². The van der Waals surface area contributed by atoms with Crippen molar-refractivity contribution < 1.29 is 4.42 Å². The van der Waals surface area contributed by atoms with Crippen LogP contribution < -0.4 is 5.43 Å². The fourth-order valence-electron chi connectivity index (χ4n) is 3.01. The molecule has 0 amide bonds. The number of aromatic nitrogens is 4. The van der Waals surface area contributed by atoms with Crippen LogP contribution in [0, 0.1) is 6.92 Å². The van der Waals surface area contributed by atoms with Gasteiger partial charge < -0.3 is 4.42 Å². The van der Waals surface area contributed by atoms with Crippen LogP contribution in [-0.4, -0.2) is 20.6 Å². The molecular weight excluding hydrogens is 268 g/mol. The van der Waals surface area contributed by atoms with Crippen molar-refractivity contribution >= 4 is 11.0 Å². The molecule has 106 valence electrons. The minimum absolute atomic E-state index is 0.0689. The van der Waals surface area contributed by atoms with Gasteiger partial charge in [-0.25, -0.2) is 0 Å². The van der Waals surface area contributed by atoms with E-state index in [1.807, 2.05) is 25.1 Å². The SMILES string of the molecule is Cc1ccc2c(=O)c3c(oc2c1)CCC(c1nn[nH]n1)C3. The fourth-order valence-corrected chi connectivity index (χ4v) is 3.01. The molecular formula is C15H14N4O2. The van der Waals surface area contributed by atoms with Crippen molar-refractivity contribution in [3.8, 4) is 0 Å². The number of hydrogen-bond donors (Lipinski definition) is 1. The Labute approximate surface area is 120 Å². The van der Waals surface area contributed by atoms with E-state index >= 15 is 0 Å². The normalized spacial score (nSPS) is 17.9. The van der Waals surface area contributed by atoms with E-state index < -0.39 is 0 Å². The minimum Gasteiger partial charge on any atom is -0.461 e. The van der Waals surface area contributed by atoms with Gasteiger partial charge in [0.25, 0.3) is 0 Å². The number of aromatic amines is 1. The molecule has 4 rings (SSSR count). The molecule has 0 aliphatic heterocycles. The van der Waals surface area contributed by atoms with Gasteiger partial charge in [-0.15, -0.1) is 10.2 Å². The predicted octanol–water partition coefficient (Wildman–Crippen LogP) is 1.89. The largest absolute Gasteiger partial charge is 0.461 e. The number of hydrogen-bond acceptors (Lipinski definition) is 5. The number of rotatable bonds is 1. The molecule has 0 saturated carbocycles. The molecule has 6 heteroatoms. The molecule has 21 heavy (non-hydrogen) atoms. The molecule has 0 saturated heterocycles. The van der Waals surface area contributed by atoms with Crippen LogP contribution in [0.1, 0.15) is 35.1 Å². The standard InChI is InChI=1S/C15H14N4O2/c1-8-2-4-10-13(6-8)21-12-5-3-9(7-11(12)14(10)20)15-16-18-19-17-15/h2,4,6,9H,3,5,7H2,1H3,(H,16,17,18,19). The van der Waals surface area contributed by atoms with Gasteiger partial charge in [-0.3, -0.25) is 4.79 Å². The van der Waals surface area contributed by atoms with E-state index in [0.717, 1.165) is 29.7 Å². The Balaban J connectivity index is 1.85. The molecule has 1 atom stereocenters. The Morgan fingerprint density at radius 3 is 3.10 bits per heavy atom. The Morgan fingerprint density at radius 2 is 2.29 bits per heavy atom. The van der Waals surface area contributed by atoms with Crippen LogP contribution in [0.3, 0.4) is 0 Å². The molecule has 6 nitrogen and oxygen atoms in total. The lowest BCUT2D eigenvalue weighted by atomic mass is 9.86. The van der Waals surface area contributed by atoms with Crippen molar-refractivity contribution in [2.75, 3.05) is 0 Å². The molecule has 1 unspecified atom stereocenters. The number of fused-ring (bicyclic) bond motifs is 2. The molecule has 0 spiro atoms. The first-order valence-electron chi connectivity index (χ1n) is 7.01. The second-order valence-electron chi connectivity index (χ2n) is 5.54. The van der Waals surface area contributed by atoms with Crippen LogP contribution in [-0.2, 0) is 12.8 Å². The predicted molar refractivity (Wildman–Crippen MR) is 76.2 cm³/mol. The summed E-state index contributed by atoms with van der Waals surface area (Å²) in [5.74, 6) is 1.60. The number of tetrazole rings is 1. The summed E-state index contributed by atoms with van der Waals surface area (Å²) in [4.78, 5) is 12.7. The molecule has 0 radical (unpaired) electrons. The molecule has 0 bridgehead atoms. The van der Waals surface area contributed by atoms with Crippen molar-refractivity contribution in [3.05, 3.63) is 51.1 Å². The van der Waals surface area contributed by atoms with Crippen molar-refractivity contribution in [3.63, 3.8) is 0 Å². The highest BCUT2D eigenvalue weighted by Gasteiger charge is 2.27. The third-order valence-corrected chi connectivity index (χ3v) is 4.12. The Kier molecular flexibility index (Phi) is 2.63. The first-order chi connectivity index (χ1) is 10.2. The van der Waals surface area contributed by atoms with Crippen LogP contribution in [0.25, 0.3) is 11.0 Å². The summed E-state index contributed by atoms with van der Waals surface area (Å²) >= 11 is 0. The number of benzene rings is 1. The van der Waals surface area contributed by atoms with Gasteiger partial charge in [0.1, 0.15) is 11.3 Å². The van der Waals surface area contributed by atoms with Crippen molar-refractivity contribution in [1.82, 2.24) is 20.6 Å². The van der Waals surface area contributed by atoms with Crippen LogP contribution in [0.2, 0.25) is 0 Å². The first kappa shape index (κ1) is 12.3. The third-order valence-electron chi connectivity index (χ3n) is 4.12. The van der Waals surface area contributed by atoms with Gasteiger partial charge in [0, 0.05) is 17.9 Å². The summed E-state index contributed by atoms with van der Waals surface area (Å²) in [6.45, 7) is 1.99. The zero-order valence-electron chi connectivity index (χ0n) is 11.6. The van der Waals surface area contributed by atoms with Gasteiger partial charge in [0.2, 0.25) is 0 Å². The van der Waals surface area contributed by atoms with E-state index in [1.165, 1.54) is 0 Å². The zero-order valence-corrected chi connectivity index (χ0v) is 11.6. The average molecular weight is 282 g/mol. The lowest BCUT2D eigenvalue weighted by molar-refractivity contribution is 0.452. The van der Waals surface area contributed by atoms with Crippen LogP contribution in [0.15, 0.2) is 27.4 Å². The molecule has 2 heterocycles. The highest BCUT2D eigenvalue weighted by molar-refractivity contribution is 5.78. The summed E-state index contributed by atoms with van der Waals surface area (Å²) in [5, 5.41) is 14.8. The summed E-state index contributed by atoms with van der Waals surface area (Å²) in [7, 11) is 0. The average Bonchev–Trinajstić information content (AvgIpc) is 3.01. The second-order valence-corrected chi connectivity index (χ2v) is 5.54. The van der Waals surface area contributed by atoms with E-state index in [-0.39, 0.29) is 11.3 Å². The maximum atomic E-state index is 12.7. The van der Waals surface area contributed by atoms with Gasteiger partial charge >= 0.3 is 0 Å². The molecule has 2 aromatic heterocycles. The monoisotopic (exact) mass is 282 g/mol. The molecule has 0 fully saturated rings. The third kappa shape index (κ3) is 1.94. The lowest BCUT2D eigenvalue weighted by Gasteiger charge is -2.20. The molecule has 1 aromatic carbocycles. The molecule has 1 aliphatic carbocycles. The summed E-state index contributed by atoms with van der Waals surface area (Å²) in [6.07, 6.45) is 2.21. The number of nitrogens with zero attached hydrogens (tertiary/aromatic N) is 3. The van der Waals surface area contributed by atoms with Gasteiger partial charge in [-0.2, -0.15) is 5.21 Å². The van der Waals surface area contributed by atoms with E-state index in [2.05, 4.69) is 20.6 Å². The van der Waals surface area contributed by atoms with Gasteiger partial charge in [0.05, 0.1) is 5.39 Å². The van der Waals surface area contributed by atoms with E-state index in [1.54, 1.807) is 0 Å².